The highest BCUT2D eigenvalue weighted by molar-refractivity contribution is 4.80. The lowest BCUT2D eigenvalue weighted by atomic mass is 9.94. The lowest BCUT2D eigenvalue weighted by Gasteiger charge is -2.18. The van der Waals surface area contributed by atoms with Crippen molar-refractivity contribution in [2.45, 2.75) is 58.4 Å². The van der Waals surface area contributed by atoms with Crippen molar-refractivity contribution in [2.24, 2.45) is 17.6 Å². The van der Waals surface area contributed by atoms with Crippen molar-refractivity contribution in [3.8, 4) is 0 Å². The van der Waals surface area contributed by atoms with E-state index in [9.17, 15) is 0 Å². The first-order valence-electron chi connectivity index (χ1n) is 5.49. The molecule has 0 amide bonds. The van der Waals surface area contributed by atoms with Crippen molar-refractivity contribution < 1.29 is 0 Å². The number of hydrogen-bond acceptors (Lipinski definition) is 1. The van der Waals surface area contributed by atoms with Crippen LogP contribution in [0.3, 0.4) is 0 Å². The Bertz CT molecular complexity index is 122. The van der Waals surface area contributed by atoms with Crippen molar-refractivity contribution in [2.75, 3.05) is 0 Å². The van der Waals surface area contributed by atoms with E-state index in [1.165, 1.54) is 38.5 Å². The van der Waals surface area contributed by atoms with Crippen LogP contribution in [0.2, 0.25) is 0 Å². The summed E-state index contributed by atoms with van der Waals surface area (Å²) in [6.45, 7) is 4.59. The van der Waals surface area contributed by atoms with E-state index in [0.29, 0.717) is 6.04 Å². The maximum absolute atomic E-state index is 6.13. The topological polar surface area (TPSA) is 26.0 Å². The minimum Gasteiger partial charge on any atom is -0.327 e. The molecule has 1 aliphatic rings. The fraction of sp³-hybridized carbons (Fsp3) is 1.00. The molecule has 2 N–H and O–H groups in total. The van der Waals surface area contributed by atoms with Crippen molar-refractivity contribution in [1.29, 1.82) is 0 Å². The molecule has 1 rings (SSSR count). The second kappa shape index (κ2) is 4.86. The monoisotopic (exact) mass is 169 g/mol. The Hall–Kier alpha value is -0.0400. The molecule has 72 valence electrons. The van der Waals surface area contributed by atoms with E-state index in [1.807, 2.05) is 0 Å². The van der Waals surface area contributed by atoms with Gasteiger partial charge in [-0.3, -0.25) is 0 Å². The van der Waals surface area contributed by atoms with E-state index in [1.54, 1.807) is 0 Å². The Kier molecular flexibility index (Phi) is 4.07. The van der Waals surface area contributed by atoms with Gasteiger partial charge < -0.3 is 5.73 Å². The molecule has 0 saturated heterocycles. The molecule has 0 radical (unpaired) electrons. The van der Waals surface area contributed by atoms with Crippen LogP contribution in [0.4, 0.5) is 0 Å². The van der Waals surface area contributed by atoms with Crippen LogP contribution < -0.4 is 5.73 Å². The van der Waals surface area contributed by atoms with Crippen LogP contribution in [0.15, 0.2) is 0 Å². The summed E-state index contributed by atoms with van der Waals surface area (Å²) in [6.07, 6.45) is 8.01. The second-order valence-electron chi connectivity index (χ2n) is 4.48. The number of rotatable bonds is 4. The Morgan fingerprint density at radius 2 is 2.17 bits per heavy atom. The van der Waals surface area contributed by atoms with E-state index < -0.39 is 0 Å². The molecule has 1 nitrogen and oxygen atoms in total. The molecular formula is C11H23N. The summed E-state index contributed by atoms with van der Waals surface area (Å²) in [7, 11) is 0. The van der Waals surface area contributed by atoms with Gasteiger partial charge in [0.2, 0.25) is 0 Å². The zero-order valence-electron chi connectivity index (χ0n) is 8.55. The van der Waals surface area contributed by atoms with Gasteiger partial charge in [0.1, 0.15) is 0 Å². The van der Waals surface area contributed by atoms with Gasteiger partial charge in [-0.15, -0.1) is 0 Å². The lowest BCUT2D eigenvalue weighted by molar-refractivity contribution is 0.389. The average molecular weight is 169 g/mol. The van der Waals surface area contributed by atoms with Crippen LogP contribution >= 0.6 is 0 Å². The molecule has 0 aromatic rings. The van der Waals surface area contributed by atoms with Crippen LogP contribution in [-0.4, -0.2) is 6.04 Å². The summed E-state index contributed by atoms with van der Waals surface area (Å²) in [5.74, 6) is 1.77. The van der Waals surface area contributed by atoms with Gasteiger partial charge in [0, 0.05) is 6.04 Å². The van der Waals surface area contributed by atoms with E-state index in [2.05, 4.69) is 13.8 Å². The van der Waals surface area contributed by atoms with Gasteiger partial charge >= 0.3 is 0 Å². The summed E-state index contributed by atoms with van der Waals surface area (Å²) in [6, 6.07) is 0.495. The van der Waals surface area contributed by atoms with E-state index in [-0.39, 0.29) is 0 Å². The molecular weight excluding hydrogens is 146 g/mol. The summed E-state index contributed by atoms with van der Waals surface area (Å²) in [5, 5.41) is 0. The molecule has 1 saturated carbocycles. The van der Waals surface area contributed by atoms with Gasteiger partial charge in [0.25, 0.3) is 0 Å². The first kappa shape index (κ1) is 10.0. The maximum atomic E-state index is 6.13. The summed E-state index contributed by atoms with van der Waals surface area (Å²) >= 11 is 0. The van der Waals surface area contributed by atoms with Crippen LogP contribution in [-0.2, 0) is 0 Å². The third kappa shape index (κ3) is 2.78. The molecule has 3 unspecified atom stereocenters. The molecule has 0 aromatic carbocycles. The number of unbranched alkanes of at least 4 members (excludes halogenated alkanes) is 1. The average Bonchev–Trinajstić information content (AvgIpc) is 2.47. The molecule has 1 fully saturated rings. The van der Waals surface area contributed by atoms with Gasteiger partial charge in [-0.2, -0.15) is 0 Å². The Morgan fingerprint density at radius 1 is 1.42 bits per heavy atom. The van der Waals surface area contributed by atoms with Gasteiger partial charge in [-0.1, -0.05) is 33.1 Å². The standard InChI is InChI=1S/C11H23N/c1-3-4-5-11(12)10-7-6-9(2)8-10/h9-11H,3-8,12H2,1-2H3. The predicted molar refractivity (Wildman–Crippen MR) is 54.0 cm³/mol. The highest BCUT2D eigenvalue weighted by Crippen LogP contribution is 2.33. The van der Waals surface area contributed by atoms with Crippen LogP contribution in [0.5, 0.6) is 0 Å². The van der Waals surface area contributed by atoms with Crippen molar-refractivity contribution in [3.63, 3.8) is 0 Å². The van der Waals surface area contributed by atoms with E-state index in [4.69, 9.17) is 5.73 Å². The van der Waals surface area contributed by atoms with Crippen LogP contribution in [0.1, 0.15) is 52.4 Å². The summed E-state index contributed by atoms with van der Waals surface area (Å²) in [5.41, 5.74) is 6.13. The predicted octanol–water partition coefficient (Wildman–Crippen LogP) is 2.94. The van der Waals surface area contributed by atoms with Crippen LogP contribution in [0.25, 0.3) is 0 Å². The smallest absolute Gasteiger partial charge is 0.00672 e. The highest BCUT2D eigenvalue weighted by atomic mass is 14.7. The molecule has 12 heavy (non-hydrogen) atoms. The molecule has 0 aliphatic heterocycles. The zero-order chi connectivity index (χ0) is 8.97. The van der Waals surface area contributed by atoms with Crippen molar-refractivity contribution in [3.05, 3.63) is 0 Å². The van der Waals surface area contributed by atoms with Crippen molar-refractivity contribution in [1.82, 2.24) is 0 Å². The molecule has 0 aromatic heterocycles. The Balaban J connectivity index is 2.18. The molecule has 0 bridgehead atoms. The molecule has 1 aliphatic carbocycles. The summed E-state index contributed by atoms with van der Waals surface area (Å²) < 4.78 is 0. The summed E-state index contributed by atoms with van der Waals surface area (Å²) in [4.78, 5) is 0. The van der Waals surface area contributed by atoms with Gasteiger partial charge in [0.15, 0.2) is 0 Å². The molecule has 0 spiro atoms. The first-order chi connectivity index (χ1) is 5.74. The second-order valence-corrected chi connectivity index (χ2v) is 4.48. The molecule has 0 heterocycles. The highest BCUT2D eigenvalue weighted by Gasteiger charge is 2.25. The fourth-order valence-corrected chi connectivity index (χ4v) is 2.32. The third-order valence-corrected chi connectivity index (χ3v) is 3.23. The number of nitrogens with two attached hydrogens (primary N) is 1. The quantitative estimate of drug-likeness (QED) is 0.688. The first-order valence-corrected chi connectivity index (χ1v) is 5.49. The fourth-order valence-electron chi connectivity index (χ4n) is 2.32. The zero-order valence-corrected chi connectivity index (χ0v) is 8.55. The third-order valence-electron chi connectivity index (χ3n) is 3.23. The van der Waals surface area contributed by atoms with Gasteiger partial charge in [-0.25, -0.2) is 0 Å². The molecule has 1 heteroatoms. The largest absolute Gasteiger partial charge is 0.327 e. The minimum atomic E-state index is 0.495. The molecule has 3 atom stereocenters. The van der Waals surface area contributed by atoms with E-state index >= 15 is 0 Å². The van der Waals surface area contributed by atoms with Gasteiger partial charge in [-0.05, 0) is 31.1 Å². The lowest BCUT2D eigenvalue weighted by Crippen LogP contribution is -2.28. The normalized spacial score (nSPS) is 32.2. The van der Waals surface area contributed by atoms with Crippen LogP contribution in [0, 0.1) is 11.8 Å². The minimum absolute atomic E-state index is 0.495. The Labute approximate surface area is 76.7 Å². The van der Waals surface area contributed by atoms with E-state index in [0.717, 1.165) is 11.8 Å². The van der Waals surface area contributed by atoms with Gasteiger partial charge in [0.05, 0.1) is 0 Å². The SMILES string of the molecule is CCCCC(N)C1CCC(C)C1. The van der Waals surface area contributed by atoms with Crippen molar-refractivity contribution >= 4 is 0 Å². The maximum Gasteiger partial charge on any atom is 0.00672 e. The Morgan fingerprint density at radius 3 is 2.67 bits per heavy atom. The number of hydrogen-bond donors (Lipinski definition) is 1.